The second kappa shape index (κ2) is 6.70. The van der Waals surface area contributed by atoms with E-state index in [9.17, 15) is 10.2 Å². The number of rotatable bonds is 6. The van der Waals surface area contributed by atoms with Crippen LogP contribution in [0.3, 0.4) is 0 Å². The van der Waals surface area contributed by atoms with E-state index in [0.717, 1.165) is 5.39 Å². The predicted octanol–water partition coefficient (Wildman–Crippen LogP) is 2.37. The van der Waals surface area contributed by atoms with Crippen molar-refractivity contribution in [3.63, 3.8) is 0 Å². The van der Waals surface area contributed by atoms with Crippen LogP contribution in [0.25, 0.3) is 10.8 Å². The third-order valence-electron chi connectivity index (χ3n) is 3.40. The third kappa shape index (κ3) is 2.93. The first-order chi connectivity index (χ1) is 9.69. The Bertz CT molecular complexity index is 561. The molecule has 0 heterocycles. The molecule has 0 aliphatic carbocycles. The van der Waals surface area contributed by atoms with Crippen molar-refractivity contribution in [3.8, 4) is 5.75 Å². The Morgan fingerprint density at radius 1 is 1.10 bits per heavy atom. The van der Waals surface area contributed by atoms with Gasteiger partial charge < -0.3 is 20.1 Å². The quantitative estimate of drug-likeness (QED) is 0.757. The van der Waals surface area contributed by atoms with E-state index in [4.69, 9.17) is 9.84 Å². The monoisotopic (exact) mass is 276 g/mol. The van der Waals surface area contributed by atoms with Gasteiger partial charge in [0.15, 0.2) is 0 Å². The lowest BCUT2D eigenvalue weighted by Crippen LogP contribution is -2.24. The fourth-order valence-corrected chi connectivity index (χ4v) is 2.44. The van der Waals surface area contributed by atoms with Gasteiger partial charge in [-0.25, -0.2) is 0 Å². The van der Waals surface area contributed by atoms with Crippen LogP contribution in [0.4, 0.5) is 0 Å². The first kappa shape index (κ1) is 14.8. The molecule has 0 aromatic heterocycles. The molecule has 3 N–H and O–H groups in total. The minimum absolute atomic E-state index is 0.0439. The van der Waals surface area contributed by atoms with Gasteiger partial charge in [0.2, 0.25) is 0 Å². The van der Waals surface area contributed by atoms with Crippen LogP contribution in [-0.2, 0) is 4.74 Å². The number of aromatic hydroxyl groups is 1. The van der Waals surface area contributed by atoms with Crippen molar-refractivity contribution in [1.29, 1.82) is 0 Å². The second-order valence-corrected chi connectivity index (χ2v) is 4.67. The summed E-state index contributed by atoms with van der Waals surface area (Å²) in [5, 5.41) is 31.0. The number of ether oxygens (including phenoxy) is 1. The highest BCUT2D eigenvalue weighted by molar-refractivity contribution is 5.91. The highest BCUT2D eigenvalue weighted by Gasteiger charge is 2.23. The van der Waals surface area contributed by atoms with Crippen LogP contribution in [0.2, 0.25) is 0 Å². The summed E-state index contributed by atoms with van der Waals surface area (Å²) in [6, 6.07) is 10.6. The summed E-state index contributed by atoms with van der Waals surface area (Å²) >= 11 is 0. The molecular formula is C16H20O4. The van der Waals surface area contributed by atoms with E-state index in [2.05, 4.69) is 0 Å². The number of fused-ring (bicyclic) bond motifs is 1. The topological polar surface area (TPSA) is 69.9 Å². The highest BCUT2D eigenvalue weighted by Crippen LogP contribution is 2.33. The fourth-order valence-electron chi connectivity index (χ4n) is 2.44. The van der Waals surface area contributed by atoms with E-state index in [1.54, 1.807) is 12.1 Å². The van der Waals surface area contributed by atoms with Crippen LogP contribution in [-0.4, -0.2) is 34.6 Å². The zero-order valence-corrected chi connectivity index (χ0v) is 11.5. The maximum absolute atomic E-state index is 10.5. The molecular weight excluding hydrogens is 256 g/mol. The Morgan fingerprint density at radius 3 is 2.45 bits per heavy atom. The molecule has 0 amide bonds. The fraction of sp³-hybridized carbons (Fsp3) is 0.375. The normalized spacial score (nSPS) is 14.3. The second-order valence-electron chi connectivity index (χ2n) is 4.67. The van der Waals surface area contributed by atoms with Crippen molar-refractivity contribution in [2.45, 2.75) is 25.6 Å². The van der Waals surface area contributed by atoms with Gasteiger partial charge in [0.25, 0.3) is 0 Å². The van der Waals surface area contributed by atoms with Crippen LogP contribution >= 0.6 is 0 Å². The lowest BCUT2D eigenvalue weighted by atomic mass is 9.95. The maximum Gasteiger partial charge on any atom is 0.123 e. The summed E-state index contributed by atoms with van der Waals surface area (Å²) in [5.74, 6) is 0.187. The number of benzene rings is 2. The van der Waals surface area contributed by atoms with Crippen molar-refractivity contribution in [2.24, 2.45) is 0 Å². The third-order valence-corrected chi connectivity index (χ3v) is 3.40. The molecule has 2 rings (SSSR count). The molecule has 0 bridgehead atoms. The molecule has 4 nitrogen and oxygen atoms in total. The van der Waals surface area contributed by atoms with Crippen molar-refractivity contribution < 1.29 is 20.1 Å². The summed E-state index contributed by atoms with van der Waals surface area (Å²) in [7, 11) is 0. The van der Waals surface area contributed by atoms with E-state index in [-0.39, 0.29) is 12.4 Å². The van der Waals surface area contributed by atoms with E-state index in [1.165, 1.54) is 0 Å². The first-order valence-corrected chi connectivity index (χ1v) is 6.80. The molecule has 0 saturated heterocycles. The standard InChI is InChI=1S/C16H20O4/c1-2-20-15(9-10-17)16(19)13-7-8-14(18)12-6-4-3-5-11(12)13/h3-8,15-19H,2,9-10H2,1H3/t15-,16-/m0/s1. The molecule has 0 aliphatic heterocycles. The van der Waals surface area contributed by atoms with E-state index in [0.29, 0.717) is 24.0 Å². The van der Waals surface area contributed by atoms with Crippen LogP contribution in [0.1, 0.15) is 25.0 Å². The van der Waals surface area contributed by atoms with Crippen LogP contribution in [0.15, 0.2) is 36.4 Å². The Kier molecular flexibility index (Phi) is 4.95. The molecule has 0 unspecified atom stereocenters. The summed E-state index contributed by atoms with van der Waals surface area (Å²) in [6.45, 7) is 2.28. The van der Waals surface area contributed by atoms with Gasteiger partial charge in [0, 0.05) is 18.6 Å². The van der Waals surface area contributed by atoms with E-state index >= 15 is 0 Å². The minimum atomic E-state index is -0.840. The Morgan fingerprint density at radius 2 is 1.80 bits per heavy atom. The lowest BCUT2D eigenvalue weighted by Gasteiger charge is -2.23. The van der Waals surface area contributed by atoms with Crippen molar-refractivity contribution in [3.05, 3.63) is 42.0 Å². The van der Waals surface area contributed by atoms with E-state index < -0.39 is 12.2 Å². The predicted molar refractivity (Wildman–Crippen MR) is 77.7 cm³/mol. The SMILES string of the molecule is CCO[C@@H](CCO)[C@@H](O)c1ccc(O)c2ccccc12. The zero-order chi connectivity index (χ0) is 14.5. The number of phenols is 1. The van der Waals surface area contributed by atoms with Gasteiger partial charge in [-0.1, -0.05) is 30.3 Å². The van der Waals surface area contributed by atoms with Crippen LogP contribution < -0.4 is 0 Å². The average molecular weight is 276 g/mol. The van der Waals surface area contributed by atoms with E-state index in [1.807, 2.05) is 31.2 Å². The maximum atomic E-state index is 10.5. The summed E-state index contributed by atoms with van der Waals surface area (Å²) in [5.41, 5.74) is 0.699. The smallest absolute Gasteiger partial charge is 0.123 e. The van der Waals surface area contributed by atoms with Gasteiger partial charge in [-0.05, 0) is 30.4 Å². The number of hydrogen-bond donors (Lipinski definition) is 3. The van der Waals surface area contributed by atoms with Crippen LogP contribution in [0, 0.1) is 0 Å². The molecule has 2 atom stereocenters. The minimum Gasteiger partial charge on any atom is -0.507 e. The molecule has 108 valence electrons. The molecule has 0 aliphatic rings. The highest BCUT2D eigenvalue weighted by atomic mass is 16.5. The Hall–Kier alpha value is -1.62. The molecule has 0 saturated carbocycles. The van der Waals surface area contributed by atoms with Crippen molar-refractivity contribution in [2.75, 3.05) is 13.2 Å². The molecule has 0 fully saturated rings. The van der Waals surface area contributed by atoms with Crippen molar-refractivity contribution in [1.82, 2.24) is 0 Å². The molecule has 20 heavy (non-hydrogen) atoms. The molecule has 4 heteroatoms. The van der Waals surface area contributed by atoms with Gasteiger partial charge in [-0.15, -0.1) is 0 Å². The van der Waals surface area contributed by atoms with Crippen molar-refractivity contribution >= 4 is 10.8 Å². The Labute approximate surface area is 118 Å². The molecule has 2 aromatic carbocycles. The van der Waals surface area contributed by atoms with Gasteiger partial charge >= 0.3 is 0 Å². The number of hydrogen-bond acceptors (Lipinski definition) is 4. The lowest BCUT2D eigenvalue weighted by molar-refractivity contribution is -0.0442. The Balaban J connectivity index is 2.43. The van der Waals surface area contributed by atoms with Gasteiger partial charge in [-0.3, -0.25) is 0 Å². The van der Waals surface area contributed by atoms with Gasteiger partial charge in [0.05, 0.1) is 6.10 Å². The van der Waals surface area contributed by atoms with Gasteiger partial charge in [0.1, 0.15) is 11.9 Å². The summed E-state index contributed by atoms with van der Waals surface area (Å²) in [4.78, 5) is 0. The molecule has 2 aromatic rings. The van der Waals surface area contributed by atoms with Crippen LogP contribution in [0.5, 0.6) is 5.75 Å². The number of aliphatic hydroxyl groups is 2. The van der Waals surface area contributed by atoms with Gasteiger partial charge in [-0.2, -0.15) is 0 Å². The molecule has 0 spiro atoms. The first-order valence-electron chi connectivity index (χ1n) is 6.80. The number of aliphatic hydroxyl groups excluding tert-OH is 2. The largest absolute Gasteiger partial charge is 0.507 e. The zero-order valence-electron chi connectivity index (χ0n) is 11.5. The number of phenolic OH excluding ortho intramolecular Hbond substituents is 1. The summed E-state index contributed by atoms with van der Waals surface area (Å²) < 4.78 is 5.51. The summed E-state index contributed by atoms with van der Waals surface area (Å²) in [6.07, 6.45) is -0.935. The average Bonchev–Trinajstić information content (AvgIpc) is 2.47. The molecule has 0 radical (unpaired) electrons.